The topological polar surface area (TPSA) is 49.3 Å². The predicted octanol–water partition coefficient (Wildman–Crippen LogP) is 1.78. The van der Waals surface area contributed by atoms with Crippen molar-refractivity contribution in [3.8, 4) is 0 Å². The first kappa shape index (κ1) is 13.0. The molecular formula is C12H16ClNO2. The Balaban J connectivity index is 2.52. The molecule has 2 N–H and O–H groups in total. The first-order chi connectivity index (χ1) is 7.67. The molecule has 0 saturated carbocycles. The smallest absolute Gasteiger partial charge is 0.251 e. The monoisotopic (exact) mass is 241 g/mol. The van der Waals surface area contributed by atoms with E-state index < -0.39 is 0 Å². The van der Waals surface area contributed by atoms with Crippen LogP contribution in [0.1, 0.15) is 22.8 Å². The summed E-state index contributed by atoms with van der Waals surface area (Å²) in [5, 5.41) is 11.6. The Hall–Kier alpha value is -1.06. The molecule has 0 aromatic heterocycles. The van der Waals surface area contributed by atoms with Gasteiger partial charge in [-0.05, 0) is 23.6 Å². The molecule has 0 fully saturated rings. The number of amides is 1. The molecule has 1 atom stereocenters. The molecule has 88 valence electrons. The van der Waals surface area contributed by atoms with Crippen LogP contribution >= 0.6 is 11.6 Å². The quantitative estimate of drug-likeness (QED) is 0.773. The fourth-order valence-corrected chi connectivity index (χ4v) is 1.36. The summed E-state index contributed by atoms with van der Waals surface area (Å²) in [5.74, 6) is 0.399. The lowest BCUT2D eigenvalue weighted by molar-refractivity contribution is 0.0942. The van der Waals surface area contributed by atoms with Crippen LogP contribution in [0.4, 0.5) is 0 Å². The van der Waals surface area contributed by atoms with Crippen molar-refractivity contribution in [2.24, 2.45) is 5.92 Å². The molecule has 0 aliphatic heterocycles. The van der Waals surface area contributed by atoms with Crippen LogP contribution in [0.3, 0.4) is 0 Å². The largest absolute Gasteiger partial charge is 0.396 e. The van der Waals surface area contributed by atoms with Gasteiger partial charge in [-0.25, -0.2) is 0 Å². The SMILES string of the molecule is CC(CO)CNC(=O)c1ccc(CCl)cc1. The summed E-state index contributed by atoms with van der Waals surface area (Å²) in [6.07, 6.45) is 0. The van der Waals surface area contributed by atoms with E-state index in [9.17, 15) is 4.79 Å². The van der Waals surface area contributed by atoms with E-state index in [-0.39, 0.29) is 18.4 Å². The van der Waals surface area contributed by atoms with Gasteiger partial charge in [0.25, 0.3) is 5.91 Å². The van der Waals surface area contributed by atoms with Gasteiger partial charge in [-0.15, -0.1) is 11.6 Å². The number of aliphatic hydroxyl groups excluding tert-OH is 1. The molecule has 0 saturated heterocycles. The standard InChI is InChI=1S/C12H16ClNO2/c1-9(8-15)7-14-12(16)11-4-2-10(6-13)3-5-11/h2-5,9,15H,6-8H2,1H3,(H,14,16). The third-order valence-corrected chi connectivity index (χ3v) is 2.60. The lowest BCUT2D eigenvalue weighted by Crippen LogP contribution is -2.29. The molecule has 1 aromatic carbocycles. The molecule has 0 spiro atoms. The van der Waals surface area contributed by atoms with Crippen molar-refractivity contribution in [2.75, 3.05) is 13.2 Å². The van der Waals surface area contributed by atoms with Crippen molar-refractivity contribution >= 4 is 17.5 Å². The maximum Gasteiger partial charge on any atom is 0.251 e. The van der Waals surface area contributed by atoms with Crippen LogP contribution < -0.4 is 5.32 Å². The Morgan fingerprint density at radius 1 is 1.44 bits per heavy atom. The average molecular weight is 242 g/mol. The summed E-state index contributed by atoms with van der Waals surface area (Å²) in [5.41, 5.74) is 1.60. The molecule has 1 aromatic rings. The van der Waals surface area contributed by atoms with Gasteiger partial charge in [-0.2, -0.15) is 0 Å². The number of hydrogen-bond acceptors (Lipinski definition) is 2. The first-order valence-corrected chi connectivity index (χ1v) is 5.74. The van der Waals surface area contributed by atoms with Crippen molar-refractivity contribution in [1.82, 2.24) is 5.32 Å². The second-order valence-electron chi connectivity index (χ2n) is 3.83. The second-order valence-corrected chi connectivity index (χ2v) is 4.10. The van der Waals surface area contributed by atoms with Crippen molar-refractivity contribution in [3.05, 3.63) is 35.4 Å². The van der Waals surface area contributed by atoms with E-state index >= 15 is 0 Å². The van der Waals surface area contributed by atoms with E-state index in [1.165, 1.54) is 0 Å². The van der Waals surface area contributed by atoms with Crippen LogP contribution in [0.2, 0.25) is 0 Å². The van der Waals surface area contributed by atoms with Crippen LogP contribution in [-0.2, 0) is 5.88 Å². The lowest BCUT2D eigenvalue weighted by Gasteiger charge is -2.09. The Labute approximate surface area is 100 Å². The number of nitrogens with one attached hydrogen (secondary N) is 1. The molecule has 16 heavy (non-hydrogen) atoms. The van der Waals surface area contributed by atoms with Crippen LogP contribution in [0.15, 0.2) is 24.3 Å². The summed E-state index contributed by atoms with van der Waals surface area (Å²) < 4.78 is 0. The molecule has 0 bridgehead atoms. The number of alkyl halides is 1. The van der Waals surface area contributed by atoms with Crippen molar-refractivity contribution < 1.29 is 9.90 Å². The van der Waals surface area contributed by atoms with Gasteiger partial charge in [-0.3, -0.25) is 4.79 Å². The van der Waals surface area contributed by atoms with E-state index in [0.717, 1.165) is 5.56 Å². The van der Waals surface area contributed by atoms with Crippen LogP contribution in [0, 0.1) is 5.92 Å². The zero-order valence-electron chi connectivity index (χ0n) is 9.24. The number of benzene rings is 1. The molecule has 0 heterocycles. The van der Waals surface area contributed by atoms with Gasteiger partial charge >= 0.3 is 0 Å². The number of carbonyl (C=O) groups excluding carboxylic acids is 1. The van der Waals surface area contributed by atoms with E-state index in [4.69, 9.17) is 16.7 Å². The van der Waals surface area contributed by atoms with Gasteiger partial charge in [0, 0.05) is 24.6 Å². The summed E-state index contributed by atoms with van der Waals surface area (Å²) in [7, 11) is 0. The van der Waals surface area contributed by atoms with E-state index in [1.54, 1.807) is 12.1 Å². The number of carbonyl (C=O) groups is 1. The van der Waals surface area contributed by atoms with Crippen molar-refractivity contribution in [1.29, 1.82) is 0 Å². The van der Waals surface area contributed by atoms with Gasteiger partial charge in [-0.1, -0.05) is 19.1 Å². The Bertz CT molecular complexity index is 337. The van der Waals surface area contributed by atoms with Crippen LogP contribution in [0.5, 0.6) is 0 Å². The minimum Gasteiger partial charge on any atom is -0.396 e. The third kappa shape index (κ3) is 3.83. The number of hydrogen-bond donors (Lipinski definition) is 2. The fourth-order valence-electron chi connectivity index (χ4n) is 1.18. The zero-order chi connectivity index (χ0) is 12.0. The highest BCUT2D eigenvalue weighted by Gasteiger charge is 2.06. The van der Waals surface area contributed by atoms with E-state index in [0.29, 0.717) is 18.0 Å². The number of rotatable bonds is 5. The second kappa shape index (κ2) is 6.51. The minimum atomic E-state index is -0.124. The average Bonchev–Trinajstić information content (AvgIpc) is 2.35. The summed E-state index contributed by atoms with van der Waals surface area (Å²) in [4.78, 5) is 11.6. The molecule has 3 nitrogen and oxygen atoms in total. The molecule has 4 heteroatoms. The van der Waals surface area contributed by atoms with Gasteiger partial charge < -0.3 is 10.4 Å². The van der Waals surface area contributed by atoms with Crippen molar-refractivity contribution in [3.63, 3.8) is 0 Å². The number of aliphatic hydroxyl groups is 1. The van der Waals surface area contributed by atoms with Gasteiger partial charge in [0.2, 0.25) is 0 Å². The van der Waals surface area contributed by atoms with Gasteiger partial charge in [0.05, 0.1) is 0 Å². The minimum absolute atomic E-state index is 0.0749. The van der Waals surface area contributed by atoms with Crippen LogP contribution in [0.25, 0.3) is 0 Å². The predicted molar refractivity (Wildman–Crippen MR) is 64.6 cm³/mol. The highest BCUT2D eigenvalue weighted by molar-refractivity contribution is 6.17. The van der Waals surface area contributed by atoms with Gasteiger partial charge in [0.15, 0.2) is 0 Å². The zero-order valence-corrected chi connectivity index (χ0v) is 10.00. The lowest BCUT2D eigenvalue weighted by atomic mass is 10.1. The molecule has 0 radical (unpaired) electrons. The van der Waals surface area contributed by atoms with E-state index in [2.05, 4.69) is 5.32 Å². The Kier molecular flexibility index (Phi) is 5.29. The van der Waals surface area contributed by atoms with Crippen LogP contribution in [-0.4, -0.2) is 24.2 Å². The fraction of sp³-hybridized carbons (Fsp3) is 0.417. The third-order valence-electron chi connectivity index (χ3n) is 2.29. The summed E-state index contributed by atoms with van der Waals surface area (Å²) in [6.45, 7) is 2.43. The van der Waals surface area contributed by atoms with Crippen molar-refractivity contribution in [2.45, 2.75) is 12.8 Å². The van der Waals surface area contributed by atoms with Gasteiger partial charge in [0.1, 0.15) is 0 Å². The summed E-state index contributed by atoms with van der Waals surface area (Å²) in [6, 6.07) is 7.15. The maximum absolute atomic E-state index is 11.6. The molecular weight excluding hydrogens is 226 g/mol. The highest BCUT2D eigenvalue weighted by atomic mass is 35.5. The first-order valence-electron chi connectivity index (χ1n) is 5.21. The molecule has 1 rings (SSSR count). The van der Waals surface area contributed by atoms with E-state index in [1.807, 2.05) is 19.1 Å². The molecule has 1 amide bonds. The maximum atomic E-state index is 11.6. The molecule has 1 unspecified atom stereocenters. The normalized spacial score (nSPS) is 12.2. The number of halogens is 1. The summed E-state index contributed by atoms with van der Waals surface area (Å²) >= 11 is 5.65. The highest BCUT2D eigenvalue weighted by Crippen LogP contribution is 2.06. The Morgan fingerprint density at radius 2 is 2.06 bits per heavy atom. The Morgan fingerprint density at radius 3 is 2.56 bits per heavy atom. The molecule has 0 aliphatic carbocycles. The molecule has 0 aliphatic rings.